The summed E-state index contributed by atoms with van der Waals surface area (Å²) in [6.07, 6.45) is 3.85. The van der Waals surface area contributed by atoms with Crippen molar-refractivity contribution >= 4 is 5.96 Å². The van der Waals surface area contributed by atoms with E-state index in [9.17, 15) is 0 Å². The zero-order chi connectivity index (χ0) is 17.4. The van der Waals surface area contributed by atoms with E-state index in [0.29, 0.717) is 12.4 Å². The van der Waals surface area contributed by atoms with E-state index in [1.165, 1.54) is 25.9 Å². The molecule has 1 atom stereocenters. The second-order valence-corrected chi connectivity index (χ2v) is 6.77. The van der Waals surface area contributed by atoms with E-state index in [0.717, 1.165) is 49.4 Å². The Bertz CT molecular complexity index is 506. The number of aryl methyl sites for hydroxylation is 2. The molecule has 0 spiro atoms. The number of piperidine rings is 1. The Hall–Kier alpha value is -1.56. The van der Waals surface area contributed by atoms with Crippen LogP contribution in [0.25, 0.3) is 0 Å². The molecule has 2 heterocycles. The molecule has 1 saturated heterocycles. The Morgan fingerprint density at radius 2 is 2.21 bits per heavy atom. The zero-order valence-corrected chi connectivity index (χ0v) is 15.7. The van der Waals surface area contributed by atoms with Gasteiger partial charge in [0.25, 0.3) is 0 Å². The maximum Gasteiger partial charge on any atom is 0.216 e. The molecule has 2 rings (SSSR count). The third kappa shape index (κ3) is 6.15. The quantitative estimate of drug-likeness (QED) is 0.455. The van der Waals surface area contributed by atoms with Crippen molar-refractivity contribution in [1.29, 1.82) is 0 Å². The predicted molar refractivity (Wildman–Crippen MR) is 98.3 cm³/mol. The minimum atomic E-state index is 0.466. The number of hydrogen-bond donors (Lipinski definition) is 2. The van der Waals surface area contributed by atoms with Gasteiger partial charge in [0.05, 0.1) is 5.69 Å². The third-order valence-corrected chi connectivity index (χ3v) is 4.47. The van der Waals surface area contributed by atoms with E-state index in [-0.39, 0.29) is 0 Å². The predicted octanol–water partition coefficient (Wildman–Crippen LogP) is 2.47. The summed E-state index contributed by atoms with van der Waals surface area (Å²) in [6.45, 7) is 14.2. The molecule has 136 valence electrons. The highest BCUT2D eigenvalue weighted by molar-refractivity contribution is 5.79. The summed E-state index contributed by atoms with van der Waals surface area (Å²) in [5, 5.41) is 6.68. The maximum atomic E-state index is 5.58. The van der Waals surface area contributed by atoms with Gasteiger partial charge in [-0.1, -0.05) is 6.92 Å². The molecule has 1 unspecified atom stereocenters. The van der Waals surface area contributed by atoms with Gasteiger partial charge in [0.15, 0.2) is 5.96 Å². The standard InChI is InChI=1S/C18H33N5O/c1-5-19-18(21-12-17-22-15(3)16(4)24-17)20-9-7-11-23-10-6-8-14(2)13-23/h14H,5-13H2,1-4H3,(H2,19,20,21). The van der Waals surface area contributed by atoms with Gasteiger partial charge in [0, 0.05) is 19.6 Å². The molecule has 6 heteroatoms. The van der Waals surface area contributed by atoms with Gasteiger partial charge in [-0.2, -0.15) is 0 Å². The molecule has 24 heavy (non-hydrogen) atoms. The fourth-order valence-electron chi connectivity index (χ4n) is 3.09. The van der Waals surface area contributed by atoms with E-state index < -0.39 is 0 Å². The van der Waals surface area contributed by atoms with Crippen molar-refractivity contribution in [3.8, 4) is 0 Å². The molecule has 0 bridgehead atoms. The largest absolute Gasteiger partial charge is 0.444 e. The average Bonchev–Trinajstić information content (AvgIpc) is 2.87. The average molecular weight is 335 g/mol. The molecule has 0 saturated carbocycles. The van der Waals surface area contributed by atoms with E-state index in [4.69, 9.17) is 4.42 Å². The Morgan fingerprint density at radius 3 is 2.88 bits per heavy atom. The molecule has 1 aromatic rings. The van der Waals surface area contributed by atoms with Gasteiger partial charge in [-0.25, -0.2) is 9.98 Å². The van der Waals surface area contributed by atoms with Crippen molar-refractivity contribution in [3.05, 3.63) is 17.3 Å². The molecule has 0 aromatic carbocycles. The van der Waals surface area contributed by atoms with Crippen LogP contribution in [0.1, 0.15) is 50.5 Å². The summed E-state index contributed by atoms with van der Waals surface area (Å²) in [5.41, 5.74) is 0.939. The van der Waals surface area contributed by atoms with Crippen molar-refractivity contribution in [3.63, 3.8) is 0 Å². The number of oxazole rings is 1. The summed E-state index contributed by atoms with van der Waals surface area (Å²) in [5.74, 6) is 3.22. The van der Waals surface area contributed by atoms with Crippen LogP contribution in [0.2, 0.25) is 0 Å². The van der Waals surface area contributed by atoms with E-state index >= 15 is 0 Å². The monoisotopic (exact) mass is 335 g/mol. The molecule has 0 radical (unpaired) electrons. The molecule has 6 nitrogen and oxygen atoms in total. The summed E-state index contributed by atoms with van der Waals surface area (Å²) in [6, 6.07) is 0. The first-order chi connectivity index (χ1) is 11.6. The van der Waals surface area contributed by atoms with E-state index in [1.54, 1.807) is 0 Å². The van der Waals surface area contributed by atoms with Crippen LogP contribution in [-0.4, -0.2) is 48.6 Å². The van der Waals surface area contributed by atoms with Gasteiger partial charge in [-0.3, -0.25) is 0 Å². The van der Waals surface area contributed by atoms with Crippen LogP contribution in [0.15, 0.2) is 9.41 Å². The van der Waals surface area contributed by atoms with Crippen molar-refractivity contribution in [2.75, 3.05) is 32.7 Å². The number of aromatic nitrogens is 1. The van der Waals surface area contributed by atoms with Gasteiger partial charge in [-0.05, 0) is 59.0 Å². The third-order valence-electron chi connectivity index (χ3n) is 4.47. The highest BCUT2D eigenvalue weighted by Gasteiger charge is 2.15. The fraction of sp³-hybridized carbons (Fsp3) is 0.778. The fourth-order valence-corrected chi connectivity index (χ4v) is 3.09. The van der Waals surface area contributed by atoms with Crippen LogP contribution in [0.3, 0.4) is 0 Å². The number of likely N-dealkylation sites (tertiary alicyclic amines) is 1. The number of guanidine groups is 1. The van der Waals surface area contributed by atoms with Crippen LogP contribution in [-0.2, 0) is 6.54 Å². The van der Waals surface area contributed by atoms with Gasteiger partial charge in [0.1, 0.15) is 12.3 Å². The van der Waals surface area contributed by atoms with Crippen LogP contribution in [0.4, 0.5) is 0 Å². The van der Waals surface area contributed by atoms with Crippen molar-refractivity contribution in [2.24, 2.45) is 10.9 Å². The van der Waals surface area contributed by atoms with Crippen LogP contribution in [0.5, 0.6) is 0 Å². The minimum absolute atomic E-state index is 0.466. The number of nitrogens with one attached hydrogen (secondary N) is 2. The van der Waals surface area contributed by atoms with Gasteiger partial charge in [0.2, 0.25) is 5.89 Å². The van der Waals surface area contributed by atoms with Gasteiger partial charge in [-0.15, -0.1) is 0 Å². The lowest BCUT2D eigenvalue weighted by Gasteiger charge is -2.30. The number of hydrogen-bond acceptors (Lipinski definition) is 4. The topological polar surface area (TPSA) is 65.7 Å². The SMILES string of the molecule is CCNC(=NCc1nc(C)c(C)o1)NCCCN1CCCC(C)C1. The smallest absolute Gasteiger partial charge is 0.216 e. The maximum absolute atomic E-state index is 5.58. The highest BCUT2D eigenvalue weighted by Crippen LogP contribution is 2.15. The van der Waals surface area contributed by atoms with E-state index in [2.05, 4.69) is 39.4 Å². The first-order valence-corrected chi connectivity index (χ1v) is 9.26. The molecular weight excluding hydrogens is 302 g/mol. The molecule has 1 fully saturated rings. The molecular formula is C18H33N5O. The lowest BCUT2D eigenvalue weighted by molar-refractivity contribution is 0.182. The minimum Gasteiger partial charge on any atom is -0.444 e. The number of rotatable bonds is 7. The molecule has 0 aliphatic carbocycles. The Labute approximate surface area is 146 Å². The molecule has 0 amide bonds. The van der Waals surface area contributed by atoms with Crippen LogP contribution in [0, 0.1) is 19.8 Å². The molecule has 1 aliphatic heterocycles. The van der Waals surface area contributed by atoms with Crippen LogP contribution >= 0.6 is 0 Å². The van der Waals surface area contributed by atoms with Crippen LogP contribution < -0.4 is 10.6 Å². The molecule has 1 aromatic heterocycles. The highest BCUT2D eigenvalue weighted by atomic mass is 16.4. The summed E-state index contributed by atoms with van der Waals surface area (Å²) >= 11 is 0. The summed E-state index contributed by atoms with van der Waals surface area (Å²) < 4.78 is 5.58. The molecule has 2 N–H and O–H groups in total. The van der Waals surface area contributed by atoms with Crippen molar-refractivity contribution in [1.82, 2.24) is 20.5 Å². The first kappa shape index (κ1) is 18.8. The molecule has 1 aliphatic rings. The zero-order valence-electron chi connectivity index (χ0n) is 15.7. The van der Waals surface area contributed by atoms with Crippen molar-refractivity contribution < 1.29 is 4.42 Å². The second kappa shape index (κ2) is 9.67. The van der Waals surface area contributed by atoms with E-state index in [1.807, 2.05) is 13.8 Å². The number of nitrogens with zero attached hydrogens (tertiary/aromatic N) is 3. The van der Waals surface area contributed by atoms with Gasteiger partial charge < -0.3 is 20.0 Å². The number of aliphatic imine (C=N–C) groups is 1. The lowest BCUT2D eigenvalue weighted by atomic mass is 10.0. The lowest BCUT2D eigenvalue weighted by Crippen LogP contribution is -2.40. The van der Waals surface area contributed by atoms with Crippen molar-refractivity contribution in [2.45, 2.75) is 53.5 Å². The second-order valence-electron chi connectivity index (χ2n) is 6.77. The van der Waals surface area contributed by atoms with Gasteiger partial charge >= 0.3 is 0 Å². The summed E-state index contributed by atoms with van der Waals surface area (Å²) in [7, 11) is 0. The Balaban J connectivity index is 1.72. The Kier molecular flexibility index (Phi) is 7.56. The normalized spacial score (nSPS) is 19.5. The Morgan fingerprint density at radius 1 is 1.38 bits per heavy atom. The first-order valence-electron chi connectivity index (χ1n) is 9.26. The summed E-state index contributed by atoms with van der Waals surface area (Å²) in [4.78, 5) is 11.5.